The van der Waals surface area contributed by atoms with E-state index in [-0.39, 0.29) is 23.9 Å². The number of hydrogen-bond donors (Lipinski definition) is 2. The van der Waals surface area contributed by atoms with E-state index in [0.29, 0.717) is 11.3 Å². The van der Waals surface area contributed by atoms with E-state index in [1.807, 2.05) is 35.2 Å². The molecule has 0 bridgehead atoms. The van der Waals surface area contributed by atoms with Crippen LogP contribution in [0.5, 0.6) is 11.5 Å². The van der Waals surface area contributed by atoms with Crippen LogP contribution in [0.1, 0.15) is 34.9 Å². The van der Waals surface area contributed by atoms with Crippen LogP contribution in [0, 0.1) is 0 Å². The minimum absolute atomic E-state index is 0.0545. The average Bonchev–Trinajstić information content (AvgIpc) is 3.40. The third-order valence-corrected chi connectivity index (χ3v) is 4.42. The maximum absolute atomic E-state index is 12.9. The lowest BCUT2D eigenvalue weighted by atomic mass is 10.0. The summed E-state index contributed by atoms with van der Waals surface area (Å²) in [6, 6.07) is 13.1. The number of carbonyl (C=O) groups is 1. The van der Waals surface area contributed by atoms with E-state index in [9.17, 15) is 9.90 Å². The van der Waals surface area contributed by atoms with Gasteiger partial charge in [0.05, 0.1) is 12.7 Å². The largest absolute Gasteiger partial charge is 0.504 e. The van der Waals surface area contributed by atoms with Crippen molar-refractivity contribution in [1.29, 1.82) is 0 Å². The highest BCUT2D eigenvalue weighted by Gasteiger charge is 2.42. The number of nitrogens with one attached hydrogen (secondary N) is 1. The van der Waals surface area contributed by atoms with Crippen molar-refractivity contribution >= 4 is 11.6 Å². The maximum atomic E-state index is 12.9. The standard InChI is InChI=1S/C18H18N2O3/c1-23-16-10-11(6-9-15(16)21)17-19-14-5-3-2-4-13(14)18(22)20(17)12-7-8-12/h2-6,9-10,12,17,19,21H,7-8H2,1H3/t17-/m0/s1. The number of para-hydroxylation sites is 1. The first kappa shape index (κ1) is 13.9. The molecule has 0 saturated heterocycles. The molecular weight excluding hydrogens is 292 g/mol. The van der Waals surface area contributed by atoms with Crippen LogP contribution < -0.4 is 10.1 Å². The molecule has 0 unspecified atom stereocenters. The van der Waals surface area contributed by atoms with Gasteiger partial charge in [-0.1, -0.05) is 18.2 Å². The SMILES string of the molecule is COc1cc([C@H]2Nc3ccccc3C(=O)N2C2CC2)ccc1O. The molecule has 1 amide bonds. The molecule has 2 aliphatic rings. The van der Waals surface area contributed by atoms with Gasteiger partial charge in [-0.3, -0.25) is 4.79 Å². The molecule has 0 aromatic heterocycles. The summed E-state index contributed by atoms with van der Waals surface area (Å²) in [4.78, 5) is 14.8. The van der Waals surface area contributed by atoms with Gasteiger partial charge in [0, 0.05) is 11.7 Å². The Hall–Kier alpha value is -2.69. The molecule has 1 saturated carbocycles. The molecule has 1 aliphatic carbocycles. The summed E-state index contributed by atoms with van der Waals surface area (Å²) in [5, 5.41) is 13.3. The van der Waals surface area contributed by atoms with Gasteiger partial charge in [-0.25, -0.2) is 0 Å². The lowest BCUT2D eigenvalue weighted by molar-refractivity contribution is 0.0666. The number of methoxy groups -OCH3 is 1. The molecule has 1 heterocycles. The Morgan fingerprint density at radius 1 is 1.22 bits per heavy atom. The van der Waals surface area contributed by atoms with Crippen molar-refractivity contribution in [1.82, 2.24) is 4.90 Å². The van der Waals surface area contributed by atoms with Crippen LogP contribution in [0.2, 0.25) is 0 Å². The van der Waals surface area contributed by atoms with E-state index in [2.05, 4.69) is 5.32 Å². The van der Waals surface area contributed by atoms with Gasteiger partial charge in [0.15, 0.2) is 11.5 Å². The number of hydrogen-bond acceptors (Lipinski definition) is 4. The third-order valence-electron chi connectivity index (χ3n) is 4.42. The zero-order chi connectivity index (χ0) is 16.0. The van der Waals surface area contributed by atoms with Crippen molar-refractivity contribution in [2.75, 3.05) is 12.4 Å². The average molecular weight is 310 g/mol. The smallest absolute Gasteiger partial charge is 0.258 e. The topological polar surface area (TPSA) is 61.8 Å². The molecule has 23 heavy (non-hydrogen) atoms. The maximum Gasteiger partial charge on any atom is 0.258 e. The molecule has 4 rings (SSSR count). The van der Waals surface area contributed by atoms with Gasteiger partial charge in [0.1, 0.15) is 6.17 Å². The number of ether oxygens (including phenoxy) is 1. The number of aromatic hydroxyl groups is 1. The fourth-order valence-corrected chi connectivity index (χ4v) is 3.11. The van der Waals surface area contributed by atoms with Crippen molar-refractivity contribution < 1.29 is 14.6 Å². The summed E-state index contributed by atoms with van der Waals surface area (Å²) in [5.41, 5.74) is 2.45. The minimum Gasteiger partial charge on any atom is -0.504 e. The van der Waals surface area contributed by atoms with Gasteiger partial charge in [-0.05, 0) is 42.7 Å². The van der Waals surface area contributed by atoms with Crippen molar-refractivity contribution in [2.45, 2.75) is 25.0 Å². The third kappa shape index (κ3) is 2.29. The van der Waals surface area contributed by atoms with Gasteiger partial charge < -0.3 is 20.1 Å². The minimum atomic E-state index is -0.251. The highest BCUT2D eigenvalue weighted by molar-refractivity contribution is 6.02. The van der Waals surface area contributed by atoms with Crippen molar-refractivity contribution in [2.24, 2.45) is 0 Å². The van der Waals surface area contributed by atoms with E-state index >= 15 is 0 Å². The number of nitrogens with zero attached hydrogens (tertiary/aromatic N) is 1. The van der Waals surface area contributed by atoms with Crippen LogP contribution in [0.4, 0.5) is 5.69 Å². The fraction of sp³-hybridized carbons (Fsp3) is 0.278. The summed E-state index contributed by atoms with van der Waals surface area (Å²) in [7, 11) is 1.52. The fourth-order valence-electron chi connectivity index (χ4n) is 3.11. The van der Waals surface area contributed by atoms with E-state index in [1.54, 1.807) is 12.1 Å². The van der Waals surface area contributed by atoms with E-state index in [4.69, 9.17) is 4.74 Å². The molecule has 5 heteroatoms. The molecule has 118 valence electrons. The normalized spacial score (nSPS) is 20.0. The molecule has 1 aliphatic heterocycles. The summed E-state index contributed by atoms with van der Waals surface area (Å²) >= 11 is 0. The number of phenols is 1. The number of fused-ring (bicyclic) bond motifs is 1. The molecule has 1 fully saturated rings. The highest BCUT2D eigenvalue weighted by atomic mass is 16.5. The molecule has 1 atom stereocenters. The van der Waals surface area contributed by atoms with Crippen molar-refractivity contribution in [3.05, 3.63) is 53.6 Å². The monoisotopic (exact) mass is 310 g/mol. The zero-order valence-corrected chi connectivity index (χ0v) is 12.8. The predicted molar refractivity (Wildman–Crippen MR) is 86.7 cm³/mol. The summed E-state index contributed by atoms with van der Waals surface area (Å²) in [6.07, 6.45) is 1.81. The zero-order valence-electron chi connectivity index (χ0n) is 12.8. The second kappa shape index (κ2) is 5.19. The van der Waals surface area contributed by atoms with Crippen LogP contribution >= 0.6 is 0 Å². The number of anilines is 1. The molecule has 5 nitrogen and oxygen atoms in total. The van der Waals surface area contributed by atoms with E-state index in [0.717, 1.165) is 24.1 Å². The Kier molecular flexibility index (Phi) is 3.15. The predicted octanol–water partition coefficient (Wildman–Crippen LogP) is 3.13. The molecule has 2 aromatic rings. The Labute approximate surface area is 134 Å². The molecule has 0 radical (unpaired) electrons. The number of amides is 1. The lowest BCUT2D eigenvalue weighted by Gasteiger charge is -2.38. The van der Waals surface area contributed by atoms with Crippen LogP contribution in [-0.4, -0.2) is 29.1 Å². The molecule has 2 aromatic carbocycles. The quantitative estimate of drug-likeness (QED) is 0.914. The van der Waals surface area contributed by atoms with Crippen LogP contribution in [-0.2, 0) is 0 Å². The van der Waals surface area contributed by atoms with Crippen molar-refractivity contribution in [3.8, 4) is 11.5 Å². The van der Waals surface area contributed by atoms with Crippen LogP contribution in [0.25, 0.3) is 0 Å². The molecule has 2 N–H and O–H groups in total. The van der Waals surface area contributed by atoms with Crippen molar-refractivity contribution in [3.63, 3.8) is 0 Å². The Morgan fingerprint density at radius 3 is 2.74 bits per heavy atom. The van der Waals surface area contributed by atoms with Gasteiger partial charge in [-0.15, -0.1) is 0 Å². The Morgan fingerprint density at radius 2 is 2.00 bits per heavy atom. The van der Waals surface area contributed by atoms with E-state index < -0.39 is 0 Å². The van der Waals surface area contributed by atoms with Crippen LogP contribution in [0.15, 0.2) is 42.5 Å². The summed E-state index contributed by atoms with van der Waals surface area (Å²) in [6.45, 7) is 0. The van der Waals surface area contributed by atoms with E-state index in [1.165, 1.54) is 7.11 Å². The van der Waals surface area contributed by atoms with Crippen LogP contribution in [0.3, 0.4) is 0 Å². The van der Waals surface area contributed by atoms with Gasteiger partial charge in [0.25, 0.3) is 5.91 Å². The van der Waals surface area contributed by atoms with Gasteiger partial charge in [-0.2, -0.15) is 0 Å². The number of carbonyl (C=O) groups excluding carboxylic acids is 1. The Balaban J connectivity index is 1.79. The summed E-state index contributed by atoms with van der Waals surface area (Å²) < 4.78 is 5.20. The van der Waals surface area contributed by atoms with Gasteiger partial charge >= 0.3 is 0 Å². The second-order valence-electron chi connectivity index (χ2n) is 5.97. The molecular formula is C18H18N2O3. The molecule has 0 spiro atoms. The lowest BCUT2D eigenvalue weighted by Crippen LogP contribution is -2.44. The second-order valence-corrected chi connectivity index (χ2v) is 5.97. The first-order chi connectivity index (χ1) is 11.2. The number of benzene rings is 2. The number of rotatable bonds is 3. The first-order valence-corrected chi connectivity index (χ1v) is 7.74. The van der Waals surface area contributed by atoms with Gasteiger partial charge in [0.2, 0.25) is 0 Å². The number of phenolic OH excluding ortho intramolecular Hbond substituents is 1. The highest BCUT2D eigenvalue weighted by Crippen LogP contribution is 2.42. The first-order valence-electron chi connectivity index (χ1n) is 7.74. The summed E-state index contributed by atoms with van der Waals surface area (Å²) in [5.74, 6) is 0.557. The Bertz CT molecular complexity index is 771.